The number of fused-ring (bicyclic) bond motifs is 1. The third kappa shape index (κ3) is 3.67. The fraction of sp³-hybridized carbons (Fsp3) is 0.450. The molecule has 10 heteroatoms. The first kappa shape index (κ1) is 20.4. The Morgan fingerprint density at radius 1 is 1.13 bits per heavy atom. The summed E-state index contributed by atoms with van der Waals surface area (Å²) in [4.78, 5) is 29.7. The zero-order valence-corrected chi connectivity index (χ0v) is 16.6. The molecule has 0 spiro atoms. The molecule has 0 aromatic carbocycles. The Labute approximate surface area is 170 Å². The molecule has 1 fully saturated rings. The van der Waals surface area contributed by atoms with E-state index in [1.54, 1.807) is 13.1 Å². The monoisotopic (exact) mass is 418 g/mol. The van der Waals surface area contributed by atoms with Crippen LogP contribution in [0.15, 0.2) is 23.4 Å². The Kier molecular flexibility index (Phi) is 5.27. The Morgan fingerprint density at radius 3 is 2.53 bits per heavy atom. The van der Waals surface area contributed by atoms with Gasteiger partial charge in [0, 0.05) is 24.2 Å². The van der Waals surface area contributed by atoms with E-state index in [0.29, 0.717) is 16.8 Å². The molecule has 0 saturated carbocycles. The maximum Gasteiger partial charge on any atom is 0.435 e. The van der Waals surface area contributed by atoms with E-state index >= 15 is 0 Å². The number of alkyl halides is 3. The van der Waals surface area contributed by atoms with Gasteiger partial charge in [-0.05, 0) is 51.3 Å². The standard InChI is InChI=1S/C20H21F3N6O/c1-11-9-27-16-12(2)15(13-3-5-24-6-4-13)19(30)29(18(16)28-11)10-14-17(20(21,22)23)26-8-7-25-14/h7-9,13,24H,3-6,10H2,1-2H3. The van der Waals surface area contributed by atoms with Crippen molar-refractivity contribution in [1.29, 1.82) is 0 Å². The first-order valence-corrected chi connectivity index (χ1v) is 9.71. The fourth-order valence-corrected chi connectivity index (χ4v) is 4.05. The first-order valence-electron chi connectivity index (χ1n) is 9.71. The lowest BCUT2D eigenvalue weighted by atomic mass is 9.88. The summed E-state index contributed by atoms with van der Waals surface area (Å²) in [7, 11) is 0. The third-order valence-electron chi connectivity index (χ3n) is 5.46. The van der Waals surface area contributed by atoms with Crippen molar-refractivity contribution in [3.05, 3.63) is 57.2 Å². The van der Waals surface area contributed by atoms with Gasteiger partial charge < -0.3 is 5.32 Å². The van der Waals surface area contributed by atoms with E-state index in [9.17, 15) is 18.0 Å². The van der Waals surface area contributed by atoms with Crippen LogP contribution in [0.3, 0.4) is 0 Å². The highest BCUT2D eigenvalue weighted by atomic mass is 19.4. The van der Waals surface area contributed by atoms with Crippen LogP contribution in [0, 0.1) is 13.8 Å². The van der Waals surface area contributed by atoms with Gasteiger partial charge in [0.15, 0.2) is 11.3 Å². The van der Waals surface area contributed by atoms with Gasteiger partial charge in [0.2, 0.25) is 0 Å². The molecule has 0 atom stereocenters. The Balaban J connectivity index is 1.95. The molecule has 0 bridgehead atoms. The predicted molar refractivity (Wildman–Crippen MR) is 104 cm³/mol. The Bertz CT molecular complexity index is 1150. The minimum atomic E-state index is -4.67. The zero-order chi connectivity index (χ0) is 21.5. The van der Waals surface area contributed by atoms with Gasteiger partial charge in [0.05, 0.1) is 17.9 Å². The van der Waals surface area contributed by atoms with Gasteiger partial charge in [-0.1, -0.05) is 0 Å². The minimum absolute atomic E-state index is 0.0152. The molecule has 3 aromatic rings. The molecular formula is C20H21F3N6O. The predicted octanol–water partition coefficient (Wildman–Crippen LogP) is 2.73. The maximum atomic E-state index is 13.5. The molecule has 1 aliphatic heterocycles. The molecule has 0 amide bonds. The summed E-state index contributed by atoms with van der Waals surface area (Å²) in [5.74, 6) is 0.0152. The topological polar surface area (TPSA) is 85.6 Å². The van der Waals surface area contributed by atoms with Crippen molar-refractivity contribution in [3.63, 3.8) is 0 Å². The summed E-state index contributed by atoms with van der Waals surface area (Å²) in [5, 5.41) is 3.27. The van der Waals surface area contributed by atoms with Crippen LogP contribution in [-0.2, 0) is 12.7 Å². The zero-order valence-electron chi connectivity index (χ0n) is 16.6. The summed E-state index contributed by atoms with van der Waals surface area (Å²) < 4.78 is 41.6. The van der Waals surface area contributed by atoms with Crippen molar-refractivity contribution < 1.29 is 13.2 Å². The molecule has 7 nitrogen and oxygen atoms in total. The van der Waals surface area contributed by atoms with Gasteiger partial charge >= 0.3 is 6.18 Å². The normalized spacial score (nSPS) is 15.6. The summed E-state index contributed by atoms with van der Waals surface area (Å²) in [6, 6.07) is 0. The second-order valence-electron chi connectivity index (χ2n) is 7.49. The number of nitrogens with one attached hydrogen (secondary N) is 1. The number of nitrogens with zero attached hydrogens (tertiary/aromatic N) is 5. The smallest absolute Gasteiger partial charge is 0.317 e. The molecule has 0 unspecified atom stereocenters. The summed E-state index contributed by atoms with van der Waals surface area (Å²) in [6.07, 6.45) is 0.663. The Morgan fingerprint density at radius 2 is 1.83 bits per heavy atom. The molecule has 4 rings (SSSR count). The van der Waals surface area contributed by atoms with Crippen LogP contribution in [0.1, 0.15) is 47.0 Å². The van der Waals surface area contributed by atoms with Crippen LogP contribution >= 0.6 is 0 Å². The van der Waals surface area contributed by atoms with Crippen molar-refractivity contribution in [2.75, 3.05) is 13.1 Å². The van der Waals surface area contributed by atoms with Crippen molar-refractivity contribution in [2.24, 2.45) is 0 Å². The van der Waals surface area contributed by atoms with Crippen molar-refractivity contribution in [1.82, 2.24) is 29.8 Å². The molecular weight excluding hydrogens is 397 g/mol. The molecule has 3 aromatic heterocycles. The maximum absolute atomic E-state index is 13.5. The van der Waals surface area contributed by atoms with E-state index in [1.165, 1.54) is 10.8 Å². The number of rotatable bonds is 3. The SMILES string of the molecule is Cc1cnc2c(C)c(C3CCNCC3)c(=O)n(Cc3nccnc3C(F)(F)F)c2n1. The third-order valence-corrected chi connectivity index (χ3v) is 5.46. The number of piperidine rings is 1. The first-order chi connectivity index (χ1) is 14.3. The average Bonchev–Trinajstić information content (AvgIpc) is 2.71. The van der Waals surface area contributed by atoms with Gasteiger partial charge in [0.1, 0.15) is 5.52 Å². The van der Waals surface area contributed by atoms with Crippen molar-refractivity contribution >= 4 is 11.2 Å². The number of hydrogen-bond acceptors (Lipinski definition) is 6. The number of pyridine rings is 1. The highest BCUT2D eigenvalue weighted by Crippen LogP contribution is 2.31. The second kappa shape index (κ2) is 7.75. The van der Waals surface area contributed by atoms with Crippen LogP contribution in [0.5, 0.6) is 0 Å². The van der Waals surface area contributed by atoms with Gasteiger partial charge in [-0.3, -0.25) is 19.3 Å². The molecule has 4 heterocycles. The van der Waals surface area contributed by atoms with E-state index in [4.69, 9.17) is 0 Å². The molecule has 1 aliphatic rings. The van der Waals surface area contributed by atoms with E-state index in [-0.39, 0.29) is 29.4 Å². The van der Waals surface area contributed by atoms with Crippen LogP contribution in [0.25, 0.3) is 11.2 Å². The van der Waals surface area contributed by atoms with Gasteiger partial charge in [-0.25, -0.2) is 9.97 Å². The van der Waals surface area contributed by atoms with Crippen molar-refractivity contribution in [2.45, 2.75) is 45.3 Å². The van der Waals surface area contributed by atoms with E-state index in [0.717, 1.165) is 37.7 Å². The van der Waals surface area contributed by atoms with E-state index < -0.39 is 11.9 Å². The second-order valence-corrected chi connectivity index (χ2v) is 7.49. The molecule has 0 aliphatic carbocycles. The number of hydrogen-bond donors (Lipinski definition) is 1. The summed E-state index contributed by atoms with van der Waals surface area (Å²) in [6.45, 7) is 4.74. The van der Waals surface area contributed by atoms with Crippen LogP contribution in [0.2, 0.25) is 0 Å². The van der Waals surface area contributed by atoms with Gasteiger partial charge in [-0.2, -0.15) is 13.2 Å². The number of aromatic nitrogens is 5. The highest BCUT2D eigenvalue weighted by Gasteiger charge is 2.36. The summed E-state index contributed by atoms with van der Waals surface area (Å²) in [5.41, 5.74) is 0.914. The molecule has 30 heavy (non-hydrogen) atoms. The lowest BCUT2D eigenvalue weighted by Crippen LogP contribution is -2.34. The lowest BCUT2D eigenvalue weighted by Gasteiger charge is -2.25. The fourth-order valence-electron chi connectivity index (χ4n) is 4.05. The molecule has 0 radical (unpaired) electrons. The molecule has 1 saturated heterocycles. The molecule has 1 N–H and O–H groups in total. The Hall–Kier alpha value is -2.88. The van der Waals surface area contributed by atoms with Gasteiger partial charge in [0.25, 0.3) is 5.56 Å². The lowest BCUT2D eigenvalue weighted by molar-refractivity contribution is -0.142. The minimum Gasteiger partial charge on any atom is -0.317 e. The summed E-state index contributed by atoms with van der Waals surface area (Å²) >= 11 is 0. The average molecular weight is 418 g/mol. The highest BCUT2D eigenvalue weighted by molar-refractivity contribution is 5.76. The van der Waals surface area contributed by atoms with Crippen LogP contribution in [0.4, 0.5) is 13.2 Å². The number of halogens is 3. The number of aryl methyl sites for hydroxylation is 2. The quantitative estimate of drug-likeness (QED) is 0.704. The largest absolute Gasteiger partial charge is 0.435 e. The van der Waals surface area contributed by atoms with Crippen LogP contribution < -0.4 is 10.9 Å². The molecule has 158 valence electrons. The van der Waals surface area contributed by atoms with E-state index in [2.05, 4.69) is 25.3 Å². The van der Waals surface area contributed by atoms with Gasteiger partial charge in [-0.15, -0.1) is 0 Å². The van der Waals surface area contributed by atoms with E-state index in [1.807, 2.05) is 6.92 Å². The van der Waals surface area contributed by atoms with Crippen molar-refractivity contribution in [3.8, 4) is 0 Å². The van der Waals surface area contributed by atoms with Crippen LogP contribution in [-0.4, -0.2) is 37.6 Å².